The molecule has 0 saturated carbocycles. The number of fused-ring (bicyclic) bond motifs is 3. The third-order valence-corrected chi connectivity index (χ3v) is 4.19. The fraction of sp³-hybridized carbons (Fsp3) is 0.625. The Morgan fingerprint density at radius 1 is 1.22 bits per heavy atom. The lowest BCUT2D eigenvalue weighted by Crippen LogP contribution is -2.46. The molecular formula is C16H23NO. The molecule has 1 unspecified atom stereocenters. The van der Waals surface area contributed by atoms with Crippen LogP contribution in [0.2, 0.25) is 0 Å². The van der Waals surface area contributed by atoms with Gasteiger partial charge in [-0.3, -0.25) is 0 Å². The van der Waals surface area contributed by atoms with Gasteiger partial charge in [-0.15, -0.1) is 0 Å². The van der Waals surface area contributed by atoms with Crippen molar-refractivity contribution in [1.82, 2.24) is 0 Å². The Labute approximate surface area is 110 Å². The molecule has 18 heavy (non-hydrogen) atoms. The highest BCUT2D eigenvalue weighted by molar-refractivity contribution is 5.62. The SMILES string of the molecule is CC(C)(C)c1ccc2c(c1)OCC1CCCCN21. The number of rotatable bonds is 0. The summed E-state index contributed by atoms with van der Waals surface area (Å²) in [6.07, 6.45) is 3.94. The molecule has 2 aliphatic heterocycles. The zero-order valence-corrected chi connectivity index (χ0v) is 11.7. The molecule has 3 rings (SSSR count). The van der Waals surface area contributed by atoms with Crippen molar-refractivity contribution < 1.29 is 4.74 Å². The van der Waals surface area contributed by atoms with E-state index in [-0.39, 0.29) is 5.41 Å². The van der Waals surface area contributed by atoms with Crippen molar-refractivity contribution in [3.63, 3.8) is 0 Å². The van der Waals surface area contributed by atoms with Gasteiger partial charge in [-0.2, -0.15) is 0 Å². The molecule has 0 aromatic heterocycles. The zero-order chi connectivity index (χ0) is 12.8. The van der Waals surface area contributed by atoms with Crippen LogP contribution in [0.25, 0.3) is 0 Å². The predicted molar refractivity (Wildman–Crippen MR) is 75.6 cm³/mol. The van der Waals surface area contributed by atoms with Crippen LogP contribution in [0.4, 0.5) is 5.69 Å². The first-order valence-electron chi connectivity index (χ1n) is 7.10. The second kappa shape index (κ2) is 4.18. The van der Waals surface area contributed by atoms with Crippen LogP contribution in [0.1, 0.15) is 45.6 Å². The van der Waals surface area contributed by atoms with E-state index < -0.39 is 0 Å². The van der Waals surface area contributed by atoms with Gasteiger partial charge in [0.1, 0.15) is 12.4 Å². The zero-order valence-electron chi connectivity index (χ0n) is 11.7. The number of ether oxygens (including phenoxy) is 1. The quantitative estimate of drug-likeness (QED) is 0.690. The van der Waals surface area contributed by atoms with Gasteiger partial charge in [-0.25, -0.2) is 0 Å². The molecule has 1 fully saturated rings. The molecule has 2 nitrogen and oxygen atoms in total. The monoisotopic (exact) mass is 245 g/mol. The van der Waals surface area contributed by atoms with Crippen molar-refractivity contribution in [2.24, 2.45) is 0 Å². The van der Waals surface area contributed by atoms with Crippen molar-refractivity contribution in [3.05, 3.63) is 23.8 Å². The standard InChI is InChI=1S/C16H23NO/c1-16(2,3)12-7-8-14-15(10-12)18-11-13-6-4-5-9-17(13)14/h7-8,10,13H,4-6,9,11H2,1-3H3. The lowest BCUT2D eigenvalue weighted by atomic mass is 9.86. The van der Waals surface area contributed by atoms with Gasteiger partial charge in [0.05, 0.1) is 11.7 Å². The number of benzene rings is 1. The first-order valence-corrected chi connectivity index (χ1v) is 7.10. The number of hydrogen-bond acceptors (Lipinski definition) is 2. The fourth-order valence-corrected chi connectivity index (χ4v) is 3.01. The summed E-state index contributed by atoms with van der Waals surface area (Å²) in [5, 5.41) is 0. The largest absolute Gasteiger partial charge is 0.489 e. The lowest BCUT2D eigenvalue weighted by molar-refractivity contribution is 0.239. The van der Waals surface area contributed by atoms with Crippen LogP contribution in [0.3, 0.4) is 0 Å². The molecule has 1 saturated heterocycles. The van der Waals surface area contributed by atoms with Crippen molar-refractivity contribution in [1.29, 1.82) is 0 Å². The summed E-state index contributed by atoms with van der Waals surface area (Å²) in [6, 6.07) is 7.36. The molecule has 0 bridgehead atoms. The fourth-order valence-electron chi connectivity index (χ4n) is 3.01. The third-order valence-electron chi connectivity index (χ3n) is 4.19. The summed E-state index contributed by atoms with van der Waals surface area (Å²) in [7, 11) is 0. The van der Waals surface area contributed by atoms with E-state index in [0.29, 0.717) is 6.04 Å². The van der Waals surface area contributed by atoms with Crippen LogP contribution in [0.15, 0.2) is 18.2 Å². The summed E-state index contributed by atoms with van der Waals surface area (Å²) in [6.45, 7) is 8.81. The maximum Gasteiger partial charge on any atom is 0.143 e. The van der Waals surface area contributed by atoms with Crippen molar-refractivity contribution >= 4 is 5.69 Å². The van der Waals surface area contributed by atoms with Gasteiger partial charge < -0.3 is 9.64 Å². The first kappa shape index (κ1) is 11.9. The Morgan fingerprint density at radius 3 is 2.83 bits per heavy atom. The Bertz CT molecular complexity index is 447. The smallest absolute Gasteiger partial charge is 0.143 e. The molecule has 0 radical (unpaired) electrons. The number of nitrogens with zero attached hydrogens (tertiary/aromatic N) is 1. The Hall–Kier alpha value is -1.18. The van der Waals surface area contributed by atoms with Gasteiger partial charge in [-0.1, -0.05) is 26.8 Å². The van der Waals surface area contributed by atoms with E-state index >= 15 is 0 Å². The van der Waals surface area contributed by atoms with E-state index in [0.717, 1.165) is 12.4 Å². The van der Waals surface area contributed by atoms with Gasteiger partial charge in [0.2, 0.25) is 0 Å². The minimum Gasteiger partial charge on any atom is -0.489 e. The molecule has 2 heteroatoms. The summed E-state index contributed by atoms with van der Waals surface area (Å²) < 4.78 is 5.99. The predicted octanol–water partition coefficient (Wildman–Crippen LogP) is 3.74. The van der Waals surface area contributed by atoms with Crippen molar-refractivity contribution in [3.8, 4) is 5.75 Å². The minimum absolute atomic E-state index is 0.192. The highest BCUT2D eigenvalue weighted by Crippen LogP contribution is 2.39. The lowest BCUT2D eigenvalue weighted by Gasteiger charge is -2.42. The average molecular weight is 245 g/mol. The Morgan fingerprint density at radius 2 is 2.06 bits per heavy atom. The van der Waals surface area contributed by atoms with Crippen molar-refractivity contribution in [2.45, 2.75) is 51.5 Å². The average Bonchev–Trinajstić information content (AvgIpc) is 2.37. The molecule has 2 heterocycles. The van der Waals surface area contributed by atoms with E-state index in [1.165, 1.54) is 37.1 Å². The second-order valence-electron chi connectivity index (χ2n) is 6.59. The van der Waals surface area contributed by atoms with Crippen molar-refractivity contribution in [2.75, 3.05) is 18.1 Å². The molecule has 2 aliphatic rings. The molecule has 0 spiro atoms. The van der Waals surface area contributed by atoms with Gasteiger partial charge >= 0.3 is 0 Å². The Kier molecular flexibility index (Phi) is 2.76. The van der Waals surface area contributed by atoms with Crippen LogP contribution in [0.5, 0.6) is 5.75 Å². The molecule has 0 aliphatic carbocycles. The van der Waals surface area contributed by atoms with Crippen LogP contribution < -0.4 is 9.64 Å². The maximum absolute atomic E-state index is 5.99. The molecule has 1 aromatic carbocycles. The van der Waals surface area contributed by atoms with E-state index in [1.807, 2.05) is 0 Å². The maximum atomic E-state index is 5.99. The Balaban J connectivity index is 1.96. The summed E-state index contributed by atoms with van der Waals surface area (Å²) in [5.41, 5.74) is 2.85. The van der Waals surface area contributed by atoms with E-state index in [4.69, 9.17) is 4.74 Å². The van der Waals surface area contributed by atoms with E-state index in [2.05, 4.69) is 43.9 Å². The van der Waals surface area contributed by atoms with Crippen LogP contribution >= 0.6 is 0 Å². The van der Waals surface area contributed by atoms with E-state index in [9.17, 15) is 0 Å². The molecule has 98 valence electrons. The minimum atomic E-state index is 0.192. The number of hydrogen-bond donors (Lipinski definition) is 0. The van der Waals surface area contributed by atoms with Crippen LogP contribution in [-0.4, -0.2) is 19.2 Å². The summed E-state index contributed by atoms with van der Waals surface area (Å²) in [5.74, 6) is 1.08. The highest BCUT2D eigenvalue weighted by atomic mass is 16.5. The summed E-state index contributed by atoms with van der Waals surface area (Å²) in [4.78, 5) is 2.55. The molecule has 1 atom stereocenters. The van der Waals surface area contributed by atoms with Gasteiger partial charge in [0, 0.05) is 6.54 Å². The summed E-state index contributed by atoms with van der Waals surface area (Å²) >= 11 is 0. The van der Waals surface area contributed by atoms with Crippen LogP contribution in [0, 0.1) is 0 Å². The van der Waals surface area contributed by atoms with Gasteiger partial charge in [-0.05, 0) is 42.4 Å². The van der Waals surface area contributed by atoms with Crippen LogP contribution in [-0.2, 0) is 5.41 Å². The normalized spacial score (nSPS) is 23.1. The van der Waals surface area contributed by atoms with E-state index in [1.54, 1.807) is 0 Å². The molecule has 0 N–H and O–H groups in total. The third kappa shape index (κ3) is 1.98. The van der Waals surface area contributed by atoms with Gasteiger partial charge in [0.25, 0.3) is 0 Å². The molecule has 1 aromatic rings. The first-order chi connectivity index (χ1) is 8.55. The molecule has 0 amide bonds. The highest BCUT2D eigenvalue weighted by Gasteiger charge is 2.30. The second-order valence-corrected chi connectivity index (χ2v) is 6.59. The topological polar surface area (TPSA) is 12.5 Å². The van der Waals surface area contributed by atoms with Gasteiger partial charge in [0.15, 0.2) is 0 Å². The molecular weight excluding hydrogens is 222 g/mol. The number of anilines is 1. The number of piperidine rings is 1.